The van der Waals surface area contributed by atoms with E-state index in [1.165, 1.54) is 11.1 Å². The summed E-state index contributed by atoms with van der Waals surface area (Å²) in [6, 6.07) is 8.91. The van der Waals surface area contributed by atoms with Gasteiger partial charge in [-0.05, 0) is 42.7 Å². The zero-order valence-electron chi connectivity index (χ0n) is 12.3. The fourth-order valence-electron chi connectivity index (χ4n) is 2.95. The van der Waals surface area contributed by atoms with Gasteiger partial charge in [-0.25, -0.2) is 0 Å². The number of carbonyl (C=O) groups is 1. The van der Waals surface area contributed by atoms with Crippen LogP contribution in [0.25, 0.3) is 0 Å². The predicted molar refractivity (Wildman–Crippen MR) is 79.1 cm³/mol. The molecule has 1 amide bonds. The molecule has 2 rings (SSSR count). The molecule has 19 heavy (non-hydrogen) atoms. The Morgan fingerprint density at radius 2 is 1.84 bits per heavy atom. The molecule has 1 aliphatic heterocycles. The van der Waals surface area contributed by atoms with E-state index in [4.69, 9.17) is 0 Å². The zero-order chi connectivity index (χ0) is 13.9. The highest BCUT2D eigenvalue weighted by molar-refractivity contribution is 5.79. The summed E-state index contributed by atoms with van der Waals surface area (Å²) in [7, 11) is 0. The Labute approximate surface area is 116 Å². The first-order valence-corrected chi connectivity index (χ1v) is 7.42. The van der Waals surface area contributed by atoms with Crippen LogP contribution >= 0.6 is 0 Å². The third-order valence-electron chi connectivity index (χ3n) is 4.12. The molecule has 1 aliphatic rings. The van der Waals surface area contributed by atoms with Gasteiger partial charge < -0.3 is 5.32 Å². The lowest BCUT2D eigenvalue weighted by atomic mass is 9.86. The van der Waals surface area contributed by atoms with E-state index < -0.39 is 0 Å². The third kappa shape index (κ3) is 3.59. The molecule has 2 nitrogen and oxygen atoms in total. The SMILES string of the molecule is CCC1(Cc2ccc(CC(C)C)cc2)CCC(=O)N1. The highest BCUT2D eigenvalue weighted by atomic mass is 16.2. The van der Waals surface area contributed by atoms with Gasteiger partial charge in [-0.15, -0.1) is 0 Å². The highest BCUT2D eigenvalue weighted by Crippen LogP contribution is 2.28. The van der Waals surface area contributed by atoms with Gasteiger partial charge in [-0.2, -0.15) is 0 Å². The molecule has 1 saturated heterocycles. The molecule has 0 radical (unpaired) electrons. The second-order valence-corrected chi connectivity index (χ2v) is 6.27. The van der Waals surface area contributed by atoms with Gasteiger partial charge >= 0.3 is 0 Å². The normalized spacial score (nSPS) is 22.8. The van der Waals surface area contributed by atoms with Crippen molar-refractivity contribution in [1.82, 2.24) is 5.32 Å². The third-order valence-corrected chi connectivity index (χ3v) is 4.12. The van der Waals surface area contributed by atoms with E-state index in [2.05, 4.69) is 50.4 Å². The lowest BCUT2D eigenvalue weighted by Crippen LogP contribution is -2.42. The van der Waals surface area contributed by atoms with Crippen molar-refractivity contribution in [2.24, 2.45) is 5.92 Å². The summed E-state index contributed by atoms with van der Waals surface area (Å²) in [6.07, 6.45) is 4.75. The van der Waals surface area contributed by atoms with Crippen molar-refractivity contribution in [1.29, 1.82) is 0 Å². The summed E-state index contributed by atoms with van der Waals surface area (Å²) in [5.41, 5.74) is 2.73. The van der Waals surface area contributed by atoms with Crippen LogP contribution in [0, 0.1) is 5.92 Å². The fourth-order valence-corrected chi connectivity index (χ4v) is 2.95. The van der Waals surface area contributed by atoms with E-state index in [0.29, 0.717) is 12.3 Å². The summed E-state index contributed by atoms with van der Waals surface area (Å²) in [5, 5.41) is 3.17. The second kappa shape index (κ2) is 5.77. The van der Waals surface area contributed by atoms with Crippen LogP contribution in [0.1, 0.15) is 51.2 Å². The van der Waals surface area contributed by atoms with E-state index in [0.717, 1.165) is 25.7 Å². The Bertz CT molecular complexity index is 435. The number of hydrogen-bond acceptors (Lipinski definition) is 1. The monoisotopic (exact) mass is 259 g/mol. The maximum atomic E-state index is 11.5. The zero-order valence-corrected chi connectivity index (χ0v) is 12.3. The summed E-state index contributed by atoms with van der Waals surface area (Å²) < 4.78 is 0. The topological polar surface area (TPSA) is 29.1 Å². The number of carbonyl (C=O) groups excluding carboxylic acids is 1. The first kappa shape index (κ1) is 14.1. The van der Waals surface area contributed by atoms with Crippen LogP contribution in [0.5, 0.6) is 0 Å². The number of benzene rings is 1. The van der Waals surface area contributed by atoms with E-state index in [-0.39, 0.29) is 11.4 Å². The number of hydrogen-bond donors (Lipinski definition) is 1. The predicted octanol–water partition coefficient (Wildman–Crippen LogP) is 3.49. The first-order chi connectivity index (χ1) is 9.03. The minimum absolute atomic E-state index is 0.00333. The van der Waals surface area contributed by atoms with Crippen molar-refractivity contribution in [2.45, 2.75) is 58.4 Å². The van der Waals surface area contributed by atoms with Crippen LogP contribution in [0.3, 0.4) is 0 Å². The Morgan fingerprint density at radius 1 is 1.21 bits per heavy atom. The molecule has 1 fully saturated rings. The van der Waals surface area contributed by atoms with Crippen LogP contribution in [-0.2, 0) is 17.6 Å². The molecular weight excluding hydrogens is 234 g/mol. The average Bonchev–Trinajstić information content (AvgIpc) is 2.73. The van der Waals surface area contributed by atoms with Crippen LogP contribution in [0.4, 0.5) is 0 Å². The lowest BCUT2D eigenvalue weighted by molar-refractivity contribution is -0.119. The molecule has 0 aliphatic carbocycles. The highest BCUT2D eigenvalue weighted by Gasteiger charge is 2.35. The van der Waals surface area contributed by atoms with Gasteiger partial charge in [-0.1, -0.05) is 45.0 Å². The van der Waals surface area contributed by atoms with Crippen LogP contribution < -0.4 is 5.32 Å². The van der Waals surface area contributed by atoms with Crippen LogP contribution in [-0.4, -0.2) is 11.4 Å². The number of nitrogens with one attached hydrogen (secondary N) is 1. The maximum Gasteiger partial charge on any atom is 0.220 e. The van der Waals surface area contributed by atoms with Gasteiger partial charge in [0.1, 0.15) is 0 Å². The molecule has 104 valence electrons. The van der Waals surface area contributed by atoms with Gasteiger partial charge in [0.05, 0.1) is 0 Å². The molecule has 1 aromatic rings. The smallest absolute Gasteiger partial charge is 0.220 e. The van der Waals surface area contributed by atoms with E-state index >= 15 is 0 Å². The molecular formula is C17H25NO. The molecule has 1 unspecified atom stereocenters. The van der Waals surface area contributed by atoms with Crippen LogP contribution in [0.15, 0.2) is 24.3 Å². The summed E-state index contributed by atoms with van der Waals surface area (Å²) in [5.74, 6) is 0.903. The van der Waals surface area contributed by atoms with Crippen molar-refractivity contribution >= 4 is 5.91 Å². The molecule has 1 N–H and O–H groups in total. The van der Waals surface area contributed by atoms with E-state index in [1.807, 2.05) is 0 Å². The largest absolute Gasteiger partial charge is 0.350 e. The maximum absolute atomic E-state index is 11.5. The Kier molecular flexibility index (Phi) is 4.28. The summed E-state index contributed by atoms with van der Waals surface area (Å²) >= 11 is 0. The minimum atomic E-state index is -0.00333. The van der Waals surface area contributed by atoms with Gasteiger partial charge in [-0.3, -0.25) is 4.79 Å². The van der Waals surface area contributed by atoms with Crippen molar-refractivity contribution in [3.63, 3.8) is 0 Å². The Balaban J connectivity index is 2.04. The second-order valence-electron chi connectivity index (χ2n) is 6.27. The van der Waals surface area contributed by atoms with Gasteiger partial charge in [0.25, 0.3) is 0 Å². The summed E-state index contributed by atoms with van der Waals surface area (Å²) in [4.78, 5) is 11.5. The molecule has 0 saturated carbocycles. The lowest BCUT2D eigenvalue weighted by Gasteiger charge is -2.28. The molecule has 1 atom stereocenters. The molecule has 0 aromatic heterocycles. The minimum Gasteiger partial charge on any atom is -0.350 e. The van der Waals surface area contributed by atoms with E-state index in [9.17, 15) is 4.79 Å². The van der Waals surface area contributed by atoms with Crippen molar-refractivity contribution in [3.8, 4) is 0 Å². The molecule has 2 heteroatoms. The average molecular weight is 259 g/mol. The molecule has 1 heterocycles. The van der Waals surface area contributed by atoms with Crippen LogP contribution in [0.2, 0.25) is 0 Å². The van der Waals surface area contributed by atoms with Crippen molar-refractivity contribution < 1.29 is 4.79 Å². The van der Waals surface area contributed by atoms with E-state index in [1.54, 1.807) is 0 Å². The first-order valence-electron chi connectivity index (χ1n) is 7.42. The molecule has 1 aromatic carbocycles. The van der Waals surface area contributed by atoms with Gasteiger partial charge in [0.2, 0.25) is 5.91 Å². The molecule has 0 bridgehead atoms. The Morgan fingerprint density at radius 3 is 2.32 bits per heavy atom. The number of rotatable bonds is 5. The van der Waals surface area contributed by atoms with Crippen molar-refractivity contribution in [3.05, 3.63) is 35.4 Å². The standard InChI is InChI=1S/C17H25NO/c1-4-17(10-9-16(19)18-17)12-15-7-5-14(6-8-15)11-13(2)3/h5-8,13H,4,9-12H2,1-3H3,(H,18,19). The summed E-state index contributed by atoms with van der Waals surface area (Å²) in [6.45, 7) is 6.65. The quantitative estimate of drug-likeness (QED) is 0.861. The van der Waals surface area contributed by atoms with Gasteiger partial charge in [0.15, 0.2) is 0 Å². The fraction of sp³-hybridized carbons (Fsp3) is 0.588. The number of amides is 1. The molecule has 0 spiro atoms. The van der Waals surface area contributed by atoms with Crippen molar-refractivity contribution in [2.75, 3.05) is 0 Å². The Hall–Kier alpha value is -1.31. The van der Waals surface area contributed by atoms with Gasteiger partial charge in [0, 0.05) is 12.0 Å².